The number of hydrogen-bond donors (Lipinski definition) is 0. The fourth-order valence-electron chi connectivity index (χ4n) is 2.14. The summed E-state index contributed by atoms with van der Waals surface area (Å²) >= 11 is 0.466. The fraction of sp³-hybridized carbons (Fsp3) is 0.500. The number of rotatable bonds is 6. The summed E-state index contributed by atoms with van der Waals surface area (Å²) in [7, 11) is 0. The summed E-state index contributed by atoms with van der Waals surface area (Å²) in [6.45, 7) is 8.06. The molecule has 2 aromatic heterocycles. The molecule has 0 saturated carbocycles. The monoisotopic (exact) mass is 296 g/mol. The third-order valence-electron chi connectivity index (χ3n) is 3.11. The summed E-state index contributed by atoms with van der Waals surface area (Å²) in [6.07, 6.45) is 4.33. The molecule has 0 radical (unpaired) electrons. The van der Waals surface area contributed by atoms with Gasteiger partial charge in [0.25, 0.3) is 0 Å². The summed E-state index contributed by atoms with van der Waals surface area (Å²) in [6, 6.07) is 4.27. The van der Waals surface area contributed by atoms with Gasteiger partial charge >= 0.3 is 109 Å². The van der Waals surface area contributed by atoms with E-state index in [1.807, 2.05) is 6.20 Å². The third kappa shape index (κ3) is 3.18. The van der Waals surface area contributed by atoms with Crippen LogP contribution in [0.15, 0.2) is 23.3 Å². The topological polar surface area (TPSA) is 16.1 Å². The molecule has 0 aromatic carbocycles. The standard InChI is InChI=1S/C14H20N2Se/c1-3-9-16(4-2)10-7-12-11-17-14-13(12)6-5-8-15-14/h5-6,8,11H,3-4,7,9-10H2,1-2H3. The van der Waals surface area contributed by atoms with Crippen LogP contribution >= 0.6 is 0 Å². The molecule has 0 amide bonds. The van der Waals surface area contributed by atoms with E-state index in [0.29, 0.717) is 14.5 Å². The summed E-state index contributed by atoms with van der Waals surface area (Å²) < 4.78 is 1.31. The van der Waals surface area contributed by atoms with Crippen molar-refractivity contribution in [1.82, 2.24) is 9.88 Å². The number of aromatic nitrogens is 1. The van der Waals surface area contributed by atoms with Crippen molar-refractivity contribution in [2.75, 3.05) is 19.6 Å². The molecule has 0 spiro atoms. The summed E-state index contributed by atoms with van der Waals surface area (Å²) in [5.74, 6) is 0. The van der Waals surface area contributed by atoms with E-state index in [1.165, 1.54) is 41.3 Å². The Morgan fingerprint density at radius 2 is 2.18 bits per heavy atom. The molecule has 0 N–H and O–H groups in total. The van der Waals surface area contributed by atoms with Gasteiger partial charge < -0.3 is 0 Å². The molecule has 2 heterocycles. The predicted molar refractivity (Wildman–Crippen MR) is 74.8 cm³/mol. The van der Waals surface area contributed by atoms with Crippen LogP contribution < -0.4 is 0 Å². The van der Waals surface area contributed by atoms with E-state index >= 15 is 0 Å². The van der Waals surface area contributed by atoms with E-state index in [2.05, 4.69) is 40.8 Å². The maximum atomic E-state index is 4.46. The second-order valence-corrected chi connectivity index (χ2v) is 6.10. The van der Waals surface area contributed by atoms with Gasteiger partial charge in [0.15, 0.2) is 0 Å². The van der Waals surface area contributed by atoms with Crippen LogP contribution in [-0.4, -0.2) is 44.0 Å². The number of fused-ring (bicyclic) bond motifs is 1. The van der Waals surface area contributed by atoms with Crippen molar-refractivity contribution < 1.29 is 0 Å². The number of likely N-dealkylation sites (N-methyl/N-ethyl adjacent to an activating group) is 1. The molecule has 0 aliphatic heterocycles. The van der Waals surface area contributed by atoms with Gasteiger partial charge in [-0.25, -0.2) is 0 Å². The molecule has 3 heteroatoms. The van der Waals surface area contributed by atoms with Crippen LogP contribution in [0.2, 0.25) is 0 Å². The van der Waals surface area contributed by atoms with Crippen LogP contribution in [0.3, 0.4) is 0 Å². The molecule has 17 heavy (non-hydrogen) atoms. The first-order valence-corrected chi connectivity index (χ1v) is 8.23. The molecule has 0 atom stereocenters. The molecule has 0 saturated heterocycles. The van der Waals surface area contributed by atoms with Crippen LogP contribution in [0.1, 0.15) is 25.8 Å². The molecule has 0 aliphatic rings. The third-order valence-corrected chi connectivity index (χ3v) is 5.11. The molecule has 0 aliphatic carbocycles. The minimum atomic E-state index is 0.466. The molecule has 2 nitrogen and oxygen atoms in total. The van der Waals surface area contributed by atoms with Gasteiger partial charge in [-0.3, -0.25) is 0 Å². The Bertz CT molecular complexity index is 464. The van der Waals surface area contributed by atoms with Crippen LogP contribution in [0, 0.1) is 0 Å². The van der Waals surface area contributed by atoms with Crippen molar-refractivity contribution >= 4 is 24.3 Å². The predicted octanol–water partition coefficient (Wildman–Crippen LogP) is 2.57. The van der Waals surface area contributed by atoms with Gasteiger partial charge in [-0.15, -0.1) is 0 Å². The number of hydrogen-bond acceptors (Lipinski definition) is 2. The molecular weight excluding hydrogens is 275 g/mol. The van der Waals surface area contributed by atoms with Gasteiger partial charge in [0.05, 0.1) is 0 Å². The first-order valence-electron chi connectivity index (χ1n) is 6.38. The molecule has 0 unspecified atom stereocenters. The van der Waals surface area contributed by atoms with E-state index < -0.39 is 0 Å². The van der Waals surface area contributed by atoms with Crippen molar-refractivity contribution in [3.8, 4) is 0 Å². The van der Waals surface area contributed by atoms with Gasteiger partial charge in [-0.2, -0.15) is 0 Å². The second kappa shape index (κ2) is 6.34. The van der Waals surface area contributed by atoms with Gasteiger partial charge in [-0.05, 0) is 0 Å². The Morgan fingerprint density at radius 3 is 2.94 bits per heavy atom. The van der Waals surface area contributed by atoms with Gasteiger partial charge in [0, 0.05) is 0 Å². The SMILES string of the molecule is CCCN(CC)CCc1c[se]c2ncccc12. The zero-order valence-corrected chi connectivity index (χ0v) is 12.4. The quantitative estimate of drug-likeness (QED) is 0.762. The van der Waals surface area contributed by atoms with Crippen molar-refractivity contribution in [2.45, 2.75) is 26.7 Å². The van der Waals surface area contributed by atoms with Crippen LogP contribution in [0.5, 0.6) is 0 Å². The van der Waals surface area contributed by atoms with Crippen molar-refractivity contribution in [2.24, 2.45) is 0 Å². The minimum absolute atomic E-state index is 0.466. The fourth-order valence-corrected chi connectivity index (χ4v) is 4.12. The first kappa shape index (κ1) is 12.8. The average molecular weight is 295 g/mol. The van der Waals surface area contributed by atoms with E-state index in [-0.39, 0.29) is 0 Å². The average Bonchev–Trinajstić information content (AvgIpc) is 2.78. The molecule has 2 aromatic rings. The number of nitrogens with zero attached hydrogens (tertiary/aromatic N) is 2. The van der Waals surface area contributed by atoms with Gasteiger partial charge in [-0.1, -0.05) is 0 Å². The molecule has 92 valence electrons. The molecule has 0 fully saturated rings. The normalized spacial score (nSPS) is 11.5. The molecular formula is C14H20N2Se. The van der Waals surface area contributed by atoms with E-state index in [9.17, 15) is 0 Å². The Balaban J connectivity index is 2.03. The van der Waals surface area contributed by atoms with Crippen LogP contribution in [0.4, 0.5) is 0 Å². The maximum absolute atomic E-state index is 4.46. The Labute approximate surface area is 109 Å². The molecule has 2 rings (SSSR count). The molecule has 0 bridgehead atoms. The van der Waals surface area contributed by atoms with Crippen LogP contribution in [0.25, 0.3) is 9.78 Å². The van der Waals surface area contributed by atoms with Gasteiger partial charge in [0.2, 0.25) is 0 Å². The van der Waals surface area contributed by atoms with E-state index in [0.717, 1.165) is 6.54 Å². The van der Waals surface area contributed by atoms with E-state index in [1.54, 1.807) is 0 Å². The first-order chi connectivity index (χ1) is 8.35. The zero-order valence-electron chi connectivity index (χ0n) is 10.6. The van der Waals surface area contributed by atoms with Crippen molar-refractivity contribution in [3.63, 3.8) is 0 Å². The second-order valence-electron chi connectivity index (χ2n) is 4.30. The summed E-state index contributed by atoms with van der Waals surface area (Å²) in [5.41, 5.74) is 1.52. The van der Waals surface area contributed by atoms with E-state index in [4.69, 9.17) is 0 Å². The summed E-state index contributed by atoms with van der Waals surface area (Å²) in [4.78, 5) is 9.39. The van der Waals surface area contributed by atoms with Crippen molar-refractivity contribution in [1.29, 1.82) is 0 Å². The number of pyridine rings is 1. The Hall–Kier alpha value is -0.631. The summed E-state index contributed by atoms with van der Waals surface area (Å²) in [5, 5.41) is 1.40. The zero-order chi connectivity index (χ0) is 12.1. The Morgan fingerprint density at radius 1 is 1.29 bits per heavy atom. The van der Waals surface area contributed by atoms with Crippen LogP contribution in [-0.2, 0) is 6.42 Å². The van der Waals surface area contributed by atoms with Gasteiger partial charge in [0.1, 0.15) is 0 Å². The van der Waals surface area contributed by atoms with Crippen molar-refractivity contribution in [3.05, 3.63) is 28.8 Å². The Kier molecular flexibility index (Phi) is 4.78.